The predicted molar refractivity (Wildman–Crippen MR) is 165 cm³/mol. The summed E-state index contributed by atoms with van der Waals surface area (Å²) in [6.07, 6.45) is 5.95. The summed E-state index contributed by atoms with van der Waals surface area (Å²) < 4.78 is 31.8. The highest BCUT2D eigenvalue weighted by Gasteiger charge is 2.30. The van der Waals surface area contributed by atoms with Gasteiger partial charge in [-0.25, -0.2) is 13.4 Å². The maximum atomic E-state index is 12.0. The van der Waals surface area contributed by atoms with Gasteiger partial charge in [0, 0.05) is 49.1 Å². The van der Waals surface area contributed by atoms with Crippen molar-refractivity contribution in [2.24, 2.45) is 0 Å². The smallest absolute Gasteiger partial charge is 0.175 e. The second-order valence-electron chi connectivity index (χ2n) is 12.1. The number of hydrogen-bond donors (Lipinski definition) is 0. The topological polar surface area (TPSA) is 80.6 Å². The van der Waals surface area contributed by atoms with Crippen molar-refractivity contribution in [1.29, 1.82) is 0 Å². The van der Waals surface area contributed by atoms with Crippen LogP contribution in [0, 0.1) is 6.92 Å². The lowest BCUT2D eigenvalue weighted by atomic mass is 10.0. The Labute approximate surface area is 248 Å². The van der Waals surface area contributed by atoms with E-state index in [0.29, 0.717) is 17.0 Å². The Bertz CT molecular complexity index is 1680. The van der Waals surface area contributed by atoms with Crippen molar-refractivity contribution in [3.63, 3.8) is 0 Å². The van der Waals surface area contributed by atoms with Crippen molar-refractivity contribution >= 4 is 20.9 Å². The van der Waals surface area contributed by atoms with Crippen molar-refractivity contribution in [3.8, 4) is 22.6 Å². The third kappa shape index (κ3) is 5.63. The SMILES string of the molecule is Cc1nc(-c2ccc(CN3CCC(N4CCOCC4)CC3)cc2)cc2c1nc(-c1ccc(S(C)(=O)=O)cc1)n2C1CC1. The molecule has 2 aromatic carbocycles. The summed E-state index contributed by atoms with van der Waals surface area (Å²) in [6.45, 7) is 9.20. The first-order valence-electron chi connectivity index (χ1n) is 15.2. The number of aryl methyl sites for hydroxylation is 1. The number of rotatable bonds is 7. The van der Waals surface area contributed by atoms with E-state index in [4.69, 9.17) is 14.7 Å². The lowest BCUT2D eigenvalue weighted by Crippen LogP contribution is -2.48. The van der Waals surface area contributed by atoms with Crippen LogP contribution in [0.1, 0.15) is 43.0 Å². The Balaban J connectivity index is 1.10. The molecule has 0 amide bonds. The van der Waals surface area contributed by atoms with Crippen molar-refractivity contribution in [3.05, 3.63) is 65.9 Å². The van der Waals surface area contributed by atoms with Crippen LogP contribution >= 0.6 is 0 Å². The molecule has 2 aromatic heterocycles. The summed E-state index contributed by atoms with van der Waals surface area (Å²) in [5, 5.41) is 0. The molecule has 4 aromatic rings. The second kappa shape index (κ2) is 11.2. The minimum absolute atomic E-state index is 0.321. The monoisotopic (exact) mass is 585 g/mol. The highest BCUT2D eigenvalue weighted by atomic mass is 32.2. The molecule has 7 rings (SSSR count). The van der Waals surface area contributed by atoms with Gasteiger partial charge in [-0.1, -0.05) is 24.3 Å². The lowest BCUT2D eigenvalue weighted by Gasteiger charge is -2.40. The number of morpholine rings is 1. The molecule has 2 aliphatic heterocycles. The van der Waals surface area contributed by atoms with E-state index in [2.05, 4.69) is 44.7 Å². The third-order valence-corrected chi connectivity index (χ3v) is 10.2. The van der Waals surface area contributed by atoms with Crippen molar-refractivity contribution in [2.75, 3.05) is 45.6 Å². The first-order chi connectivity index (χ1) is 20.3. The number of imidazole rings is 1. The second-order valence-corrected chi connectivity index (χ2v) is 14.2. The van der Waals surface area contributed by atoms with Crippen LogP contribution in [0.2, 0.25) is 0 Å². The van der Waals surface area contributed by atoms with E-state index in [1.165, 1.54) is 24.7 Å². The van der Waals surface area contributed by atoms with E-state index in [-0.39, 0.29) is 0 Å². The molecular weight excluding hydrogens is 546 g/mol. The minimum Gasteiger partial charge on any atom is -0.379 e. The van der Waals surface area contributed by atoms with E-state index in [1.54, 1.807) is 12.1 Å². The lowest BCUT2D eigenvalue weighted by molar-refractivity contribution is 0.000231. The number of nitrogens with zero attached hydrogens (tertiary/aromatic N) is 5. The van der Waals surface area contributed by atoms with Gasteiger partial charge in [0.2, 0.25) is 0 Å². The molecule has 0 atom stereocenters. The molecule has 3 aliphatic rings. The number of sulfone groups is 1. The summed E-state index contributed by atoms with van der Waals surface area (Å²) in [5.41, 5.74) is 7.23. The van der Waals surface area contributed by atoms with Crippen LogP contribution in [0.3, 0.4) is 0 Å². The number of benzene rings is 2. The van der Waals surface area contributed by atoms with Crippen LogP contribution in [0.25, 0.3) is 33.7 Å². The van der Waals surface area contributed by atoms with E-state index in [1.807, 2.05) is 19.1 Å². The molecule has 2 saturated heterocycles. The molecule has 9 heteroatoms. The van der Waals surface area contributed by atoms with Crippen molar-refractivity contribution in [2.45, 2.75) is 56.1 Å². The molecule has 0 bridgehead atoms. The fraction of sp³-hybridized carbons (Fsp3) is 0.455. The maximum Gasteiger partial charge on any atom is 0.175 e. The molecule has 8 nitrogen and oxygen atoms in total. The van der Waals surface area contributed by atoms with E-state index in [0.717, 1.165) is 98.2 Å². The molecule has 3 fully saturated rings. The number of piperidine rings is 1. The van der Waals surface area contributed by atoms with Crippen molar-refractivity contribution in [1.82, 2.24) is 24.3 Å². The molecule has 1 aliphatic carbocycles. The number of hydrogen-bond acceptors (Lipinski definition) is 7. The van der Waals surface area contributed by atoms with Gasteiger partial charge in [0.05, 0.1) is 35.0 Å². The Kier molecular flexibility index (Phi) is 7.38. The van der Waals surface area contributed by atoms with Crippen LogP contribution in [0.15, 0.2) is 59.5 Å². The highest BCUT2D eigenvalue weighted by molar-refractivity contribution is 7.90. The van der Waals surface area contributed by atoms with Gasteiger partial charge < -0.3 is 9.30 Å². The number of likely N-dealkylation sites (tertiary alicyclic amines) is 1. The van der Waals surface area contributed by atoms with Gasteiger partial charge in [0.25, 0.3) is 0 Å². The molecule has 220 valence electrons. The molecule has 0 spiro atoms. The summed E-state index contributed by atoms with van der Waals surface area (Å²) in [4.78, 5) is 15.5. The molecule has 42 heavy (non-hydrogen) atoms. The fourth-order valence-corrected chi connectivity index (χ4v) is 7.20. The first kappa shape index (κ1) is 27.7. The van der Waals surface area contributed by atoms with Crippen LogP contribution in [-0.2, 0) is 21.1 Å². The van der Waals surface area contributed by atoms with Gasteiger partial charge in [-0.3, -0.25) is 14.8 Å². The average Bonchev–Trinajstić information content (AvgIpc) is 3.77. The molecule has 1 saturated carbocycles. The van der Waals surface area contributed by atoms with E-state index >= 15 is 0 Å². The normalized spacial score (nSPS) is 19.5. The summed E-state index contributed by atoms with van der Waals surface area (Å²) in [6, 6.07) is 19.3. The Hall–Kier alpha value is -3.11. The van der Waals surface area contributed by atoms with Gasteiger partial charge in [-0.15, -0.1) is 0 Å². The molecule has 4 heterocycles. The molecular formula is C33H39N5O3S. The predicted octanol–water partition coefficient (Wildman–Crippen LogP) is 5.11. The van der Waals surface area contributed by atoms with Gasteiger partial charge in [-0.05, 0) is 81.6 Å². The number of ether oxygens (including phenoxy) is 1. The highest BCUT2D eigenvalue weighted by Crippen LogP contribution is 2.42. The minimum atomic E-state index is -3.25. The van der Waals surface area contributed by atoms with Gasteiger partial charge >= 0.3 is 0 Å². The van der Waals surface area contributed by atoms with Crippen LogP contribution in [0.5, 0.6) is 0 Å². The quantitative estimate of drug-likeness (QED) is 0.298. The largest absolute Gasteiger partial charge is 0.379 e. The zero-order valence-corrected chi connectivity index (χ0v) is 25.3. The van der Waals surface area contributed by atoms with E-state index < -0.39 is 9.84 Å². The number of aromatic nitrogens is 3. The fourth-order valence-electron chi connectivity index (χ4n) is 6.57. The Morgan fingerprint density at radius 1 is 0.833 bits per heavy atom. The van der Waals surface area contributed by atoms with Gasteiger partial charge in [-0.2, -0.15) is 0 Å². The number of fused-ring (bicyclic) bond motifs is 1. The van der Waals surface area contributed by atoms with Crippen LogP contribution in [0.4, 0.5) is 0 Å². The number of pyridine rings is 1. The summed E-state index contributed by atoms with van der Waals surface area (Å²) in [7, 11) is -3.25. The molecule has 0 N–H and O–H groups in total. The summed E-state index contributed by atoms with van der Waals surface area (Å²) in [5.74, 6) is 0.877. The van der Waals surface area contributed by atoms with E-state index in [9.17, 15) is 8.42 Å². The third-order valence-electron chi connectivity index (χ3n) is 9.08. The Morgan fingerprint density at radius 3 is 2.14 bits per heavy atom. The Morgan fingerprint density at radius 2 is 1.50 bits per heavy atom. The van der Waals surface area contributed by atoms with Crippen LogP contribution in [-0.4, -0.2) is 84.4 Å². The van der Waals surface area contributed by atoms with Crippen LogP contribution < -0.4 is 0 Å². The van der Waals surface area contributed by atoms with Crippen molar-refractivity contribution < 1.29 is 13.2 Å². The molecule has 0 radical (unpaired) electrons. The standard InChI is InChI=1S/C33H39N5O3S/c1-23-32-31(38(28-9-10-28)33(35-32)26-7-11-29(12-8-26)42(2,39)40)21-30(34-23)25-5-3-24(4-6-25)22-36-15-13-27(14-16-36)37-17-19-41-20-18-37/h3-8,11-12,21,27-28H,9-10,13-20,22H2,1-2H3. The van der Waals surface area contributed by atoms with Gasteiger partial charge in [0.1, 0.15) is 11.3 Å². The zero-order valence-electron chi connectivity index (χ0n) is 24.5. The maximum absolute atomic E-state index is 12.0. The zero-order chi connectivity index (χ0) is 28.8. The average molecular weight is 586 g/mol. The first-order valence-corrected chi connectivity index (χ1v) is 17.1. The summed E-state index contributed by atoms with van der Waals surface area (Å²) >= 11 is 0. The van der Waals surface area contributed by atoms with Gasteiger partial charge in [0.15, 0.2) is 9.84 Å². The molecule has 0 unspecified atom stereocenters.